The molecule has 0 aromatic carbocycles. The third-order valence-corrected chi connectivity index (χ3v) is 5.39. The van der Waals surface area contributed by atoms with Crippen LogP contribution in [-0.4, -0.2) is 30.1 Å². The largest absolute Gasteiger partial charge is 0.390 e. The third-order valence-electron chi connectivity index (χ3n) is 2.33. The molecule has 0 unspecified atom stereocenters. The second-order valence-corrected chi connectivity index (χ2v) is 7.85. The first-order valence-corrected chi connectivity index (χ1v) is 6.80. The number of alkyl halides is 1. The van der Waals surface area contributed by atoms with E-state index in [9.17, 15) is 13.5 Å². The van der Waals surface area contributed by atoms with Gasteiger partial charge in [0.05, 0.1) is 6.10 Å². The van der Waals surface area contributed by atoms with Gasteiger partial charge in [0.25, 0.3) is 0 Å². The van der Waals surface area contributed by atoms with E-state index in [0.29, 0.717) is 0 Å². The van der Waals surface area contributed by atoms with E-state index in [1.807, 2.05) is 0 Å². The van der Waals surface area contributed by atoms with Crippen molar-refractivity contribution in [1.29, 1.82) is 0 Å². The molecule has 0 amide bonds. The van der Waals surface area contributed by atoms with Gasteiger partial charge in [-0.15, -0.1) is 0 Å². The molecular weight excluding hydrogens is 224 g/mol. The van der Waals surface area contributed by atoms with Gasteiger partial charge in [0.1, 0.15) is 0 Å². The molecule has 3 nitrogen and oxygen atoms in total. The van der Waals surface area contributed by atoms with Gasteiger partial charge < -0.3 is 5.11 Å². The van der Waals surface area contributed by atoms with Crippen molar-refractivity contribution in [3.05, 3.63) is 0 Å². The molecule has 0 fully saturated rings. The topological polar surface area (TPSA) is 54.4 Å². The molecule has 14 heavy (non-hydrogen) atoms. The van der Waals surface area contributed by atoms with Gasteiger partial charge in [-0.3, -0.25) is 0 Å². The van der Waals surface area contributed by atoms with Gasteiger partial charge in [-0.1, -0.05) is 39.3 Å². The number of hydrogen-bond acceptors (Lipinski definition) is 3. The summed E-state index contributed by atoms with van der Waals surface area (Å²) in [6.07, 6.45) is 0.154. The highest BCUT2D eigenvalue weighted by Gasteiger charge is 2.48. The number of rotatable bonds is 3. The van der Waals surface area contributed by atoms with Crippen LogP contribution in [0.1, 0.15) is 34.1 Å². The van der Waals surface area contributed by atoms with Gasteiger partial charge in [-0.25, -0.2) is 8.42 Å². The first-order valence-electron chi connectivity index (χ1n) is 4.53. The molecule has 0 aliphatic carbocycles. The molecule has 1 N–H and O–H groups in total. The molecule has 0 spiro atoms. The first kappa shape index (κ1) is 14.2. The highest BCUT2D eigenvalue weighted by Crippen LogP contribution is 2.38. The summed E-state index contributed by atoms with van der Waals surface area (Å²) in [5.74, 6) is 0. The summed E-state index contributed by atoms with van der Waals surface area (Å²) in [5, 5.41) is 9.93. The van der Waals surface area contributed by atoms with Crippen LogP contribution in [0.25, 0.3) is 0 Å². The Morgan fingerprint density at radius 1 is 1.36 bits per heavy atom. The molecule has 0 heterocycles. The van der Waals surface area contributed by atoms with Gasteiger partial charge in [0.15, 0.2) is 14.0 Å². The van der Waals surface area contributed by atoms with Gasteiger partial charge in [-0.05, 0) is 11.8 Å². The van der Waals surface area contributed by atoms with Crippen LogP contribution in [0.4, 0.5) is 0 Å². The van der Waals surface area contributed by atoms with Crippen LogP contribution in [0, 0.1) is 5.41 Å². The minimum absolute atomic E-state index is 0.186. The predicted octanol–water partition coefficient (Wildman–Crippen LogP) is 1.78. The van der Waals surface area contributed by atoms with E-state index in [1.54, 1.807) is 27.7 Å². The normalized spacial score (nSPS) is 20.2. The average Bonchev–Trinajstić information content (AvgIpc) is 1.97. The van der Waals surface area contributed by atoms with Gasteiger partial charge in [0.2, 0.25) is 0 Å². The molecule has 0 saturated heterocycles. The third kappa shape index (κ3) is 2.61. The van der Waals surface area contributed by atoms with Crippen molar-refractivity contribution in [2.24, 2.45) is 5.41 Å². The second-order valence-electron chi connectivity index (χ2n) is 4.68. The van der Waals surface area contributed by atoms with Crippen molar-refractivity contribution in [1.82, 2.24) is 0 Å². The maximum Gasteiger partial charge on any atom is 0.171 e. The van der Waals surface area contributed by atoms with Crippen molar-refractivity contribution in [2.75, 3.05) is 6.26 Å². The lowest BCUT2D eigenvalue weighted by molar-refractivity contribution is 0.0469. The van der Waals surface area contributed by atoms with E-state index in [0.717, 1.165) is 6.26 Å². The SMILES string of the molecule is CC[C@@](Cl)([C@H](O)C(C)(C)C)S(C)(=O)=O. The Bertz CT molecular complexity index is 292. The van der Waals surface area contributed by atoms with Crippen molar-refractivity contribution in [2.45, 2.75) is 44.4 Å². The maximum atomic E-state index is 11.5. The minimum Gasteiger partial charge on any atom is -0.390 e. The molecule has 0 aliphatic rings. The number of aliphatic hydroxyl groups is 1. The summed E-state index contributed by atoms with van der Waals surface area (Å²) < 4.78 is 21.4. The Hall–Kier alpha value is 0.200. The van der Waals surface area contributed by atoms with Gasteiger partial charge in [0, 0.05) is 6.26 Å². The van der Waals surface area contributed by atoms with Crippen molar-refractivity contribution in [3.8, 4) is 0 Å². The Labute approximate surface area is 91.4 Å². The number of sulfone groups is 1. The molecule has 5 heteroatoms. The number of hydrogen-bond donors (Lipinski definition) is 1. The van der Waals surface area contributed by atoms with Gasteiger partial charge in [-0.2, -0.15) is 0 Å². The monoisotopic (exact) mass is 242 g/mol. The average molecular weight is 243 g/mol. The zero-order chi connectivity index (χ0) is 11.8. The molecule has 0 aliphatic heterocycles. The molecule has 0 saturated carbocycles. The molecule has 2 atom stereocenters. The highest BCUT2D eigenvalue weighted by molar-refractivity contribution is 7.93. The van der Waals surface area contributed by atoms with E-state index in [2.05, 4.69) is 0 Å². The smallest absolute Gasteiger partial charge is 0.171 e. The van der Waals surface area contributed by atoms with E-state index < -0.39 is 25.6 Å². The Balaban J connectivity index is 5.29. The fraction of sp³-hybridized carbons (Fsp3) is 1.00. The van der Waals surface area contributed by atoms with Crippen LogP contribution in [0.15, 0.2) is 0 Å². The lowest BCUT2D eigenvalue weighted by atomic mass is 9.86. The van der Waals surface area contributed by atoms with Crippen LogP contribution in [0.5, 0.6) is 0 Å². The summed E-state index contributed by atoms with van der Waals surface area (Å²) in [7, 11) is -3.48. The maximum absolute atomic E-state index is 11.5. The first-order chi connectivity index (χ1) is 5.97. The molecule has 86 valence electrons. The van der Waals surface area contributed by atoms with Crippen molar-refractivity contribution in [3.63, 3.8) is 0 Å². The summed E-state index contributed by atoms with van der Waals surface area (Å²) in [5.41, 5.74) is -0.555. The van der Waals surface area contributed by atoms with E-state index in [4.69, 9.17) is 11.6 Å². The van der Waals surface area contributed by atoms with Crippen LogP contribution >= 0.6 is 11.6 Å². The van der Waals surface area contributed by atoms with Crippen LogP contribution in [-0.2, 0) is 9.84 Å². The zero-order valence-electron chi connectivity index (χ0n) is 9.33. The number of halogens is 1. The van der Waals surface area contributed by atoms with Crippen molar-refractivity contribution >= 4 is 21.4 Å². The molecule has 0 bridgehead atoms. The molecule has 0 rings (SSSR count). The standard InChI is InChI=1S/C9H19ClO3S/c1-6-9(10,14(5,12)13)7(11)8(2,3)4/h7,11H,6H2,1-5H3/t7-,9+/m1/s1. The Morgan fingerprint density at radius 3 is 1.79 bits per heavy atom. The minimum atomic E-state index is -3.48. The quantitative estimate of drug-likeness (QED) is 0.768. The number of aliphatic hydroxyl groups excluding tert-OH is 1. The fourth-order valence-electron chi connectivity index (χ4n) is 1.30. The fourth-order valence-corrected chi connectivity index (χ4v) is 2.92. The van der Waals surface area contributed by atoms with Crippen LogP contribution in [0.3, 0.4) is 0 Å². The predicted molar refractivity (Wildman–Crippen MR) is 59.2 cm³/mol. The second kappa shape index (κ2) is 3.99. The zero-order valence-corrected chi connectivity index (χ0v) is 10.9. The van der Waals surface area contributed by atoms with Crippen LogP contribution in [0.2, 0.25) is 0 Å². The Morgan fingerprint density at radius 2 is 1.71 bits per heavy atom. The van der Waals surface area contributed by atoms with E-state index in [1.165, 1.54) is 0 Å². The summed E-state index contributed by atoms with van der Waals surface area (Å²) in [6, 6.07) is 0. The summed E-state index contributed by atoms with van der Waals surface area (Å²) in [6.45, 7) is 6.93. The van der Waals surface area contributed by atoms with Gasteiger partial charge >= 0.3 is 0 Å². The summed E-state index contributed by atoms with van der Waals surface area (Å²) in [4.78, 5) is 0. The Kier molecular flexibility index (Phi) is 4.04. The molecule has 0 aromatic heterocycles. The molecule has 0 aromatic rings. The van der Waals surface area contributed by atoms with Crippen molar-refractivity contribution < 1.29 is 13.5 Å². The lowest BCUT2D eigenvalue weighted by Gasteiger charge is -2.37. The van der Waals surface area contributed by atoms with Crippen LogP contribution < -0.4 is 0 Å². The molecular formula is C9H19ClO3S. The van der Waals surface area contributed by atoms with E-state index in [-0.39, 0.29) is 6.42 Å². The van der Waals surface area contributed by atoms with E-state index >= 15 is 0 Å². The molecule has 0 radical (unpaired) electrons. The highest BCUT2D eigenvalue weighted by atomic mass is 35.5. The lowest BCUT2D eigenvalue weighted by Crippen LogP contribution is -2.49. The summed E-state index contributed by atoms with van der Waals surface area (Å²) >= 11 is 6.00.